The number of hydrogen-bond acceptors (Lipinski definition) is 0. The molecule has 0 amide bonds. The van der Waals surface area contributed by atoms with Crippen LogP contribution in [-0.2, 0) is 0 Å². The van der Waals surface area contributed by atoms with Crippen LogP contribution in [-0.4, -0.2) is 0 Å². The Hall–Kier alpha value is -1.30. The van der Waals surface area contributed by atoms with Crippen molar-refractivity contribution in [1.29, 1.82) is 0 Å². The molecule has 0 heterocycles. The Kier molecular flexibility index (Phi) is 2.49. The van der Waals surface area contributed by atoms with Gasteiger partial charge in [-0.3, -0.25) is 0 Å². The molecule has 0 aliphatic rings. The molecule has 1 rings (SSSR count). The average Bonchev–Trinajstić information content (AvgIpc) is 2.03. The van der Waals surface area contributed by atoms with E-state index in [1.807, 2.05) is 13.0 Å². The SMILES string of the molecule is C=C(C)C(=C)c1cccc(C)c1. The van der Waals surface area contributed by atoms with E-state index < -0.39 is 0 Å². The van der Waals surface area contributed by atoms with Crippen LogP contribution in [0.15, 0.2) is 43.0 Å². The smallest absolute Gasteiger partial charge is 0.0185 e. The molecule has 0 saturated carbocycles. The van der Waals surface area contributed by atoms with Gasteiger partial charge in [0.05, 0.1) is 0 Å². The summed E-state index contributed by atoms with van der Waals surface area (Å²) in [6.07, 6.45) is 0. The molecule has 0 unspecified atom stereocenters. The highest BCUT2D eigenvalue weighted by Crippen LogP contribution is 2.19. The van der Waals surface area contributed by atoms with Gasteiger partial charge in [0.15, 0.2) is 0 Å². The van der Waals surface area contributed by atoms with Crippen molar-refractivity contribution < 1.29 is 0 Å². The molecule has 0 radical (unpaired) electrons. The Morgan fingerprint density at radius 3 is 2.42 bits per heavy atom. The van der Waals surface area contributed by atoms with E-state index in [0.717, 1.165) is 11.1 Å². The summed E-state index contributed by atoms with van der Waals surface area (Å²) < 4.78 is 0. The summed E-state index contributed by atoms with van der Waals surface area (Å²) in [5, 5.41) is 0. The normalized spacial score (nSPS) is 9.50. The van der Waals surface area contributed by atoms with Gasteiger partial charge in [-0.1, -0.05) is 48.6 Å². The lowest BCUT2D eigenvalue weighted by Gasteiger charge is -2.05. The molecule has 62 valence electrons. The van der Waals surface area contributed by atoms with E-state index in [1.165, 1.54) is 11.1 Å². The number of hydrogen-bond donors (Lipinski definition) is 0. The van der Waals surface area contributed by atoms with Crippen molar-refractivity contribution in [3.63, 3.8) is 0 Å². The van der Waals surface area contributed by atoms with Gasteiger partial charge in [-0.15, -0.1) is 0 Å². The molecule has 0 nitrogen and oxygen atoms in total. The molecule has 0 heteroatoms. The summed E-state index contributed by atoms with van der Waals surface area (Å²) in [6, 6.07) is 8.30. The highest BCUT2D eigenvalue weighted by Gasteiger charge is 1.97. The summed E-state index contributed by atoms with van der Waals surface area (Å²) in [5.74, 6) is 0. The van der Waals surface area contributed by atoms with E-state index in [-0.39, 0.29) is 0 Å². The monoisotopic (exact) mass is 158 g/mol. The minimum Gasteiger partial charge on any atom is -0.0955 e. The Bertz CT molecular complexity index is 319. The van der Waals surface area contributed by atoms with Crippen molar-refractivity contribution >= 4 is 5.57 Å². The first kappa shape index (κ1) is 8.79. The first-order valence-electron chi connectivity index (χ1n) is 4.03. The lowest BCUT2D eigenvalue weighted by atomic mass is 10.0. The first-order valence-corrected chi connectivity index (χ1v) is 4.03. The second-order valence-corrected chi connectivity index (χ2v) is 3.13. The van der Waals surface area contributed by atoms with E-state index in [2.05, 4.69) is 38.3 Å². The summed E-state index contributed by atoms with van der Waals surface area (Å²) in [6.45, 7) is 11.9. The number of benzene rings is 1. The van der Waals surface area contributed by atoms with Crippen LogP contribution in [0.1, 0.15) is 18.1 Å². The van der Waals surface area contributed by atoms with Crippen LogP contribution in [0.25, 0.3) is 5.57 Å². The van der Waals surface area contributed by atoms with Crippen molar-refractivity contribution in [3.8, 4) is 0 Å². The Labute approximate surface area is 74.2 Å². The van der Waals surface area contributed by atoms with Gasteiger partial charge in [0.1, 0.15) is 0 Å². The van der Waals surface area contributed by atoms with E-state index in [1.54, 1.807) is 0 Å². The van der Waals surface area contributed by atoms with Crippen LogP contribution in [0.3, 0.4) is 0 Å². The van der Waals surface area contributed by atoms with Crippen molar-refractivity contribution in [2.45, 2.75) is 13.8 Å². The molecule has 0 N–H and O–H groups in total. The molecule has 0 aromatic heterocycles. The minimum atomic E-state index is 1.03. The fourth-order valence-electron chi connectivity index (χ4n) is 1.08. The Balaban J connectivity index is 3.04. The molecule has 0 aliphatic heterocycles. The van der Waals surface area contributed by atoms with E-state index >= 15 is 0 Å². The Morgan fingerprint density at radius 2 is 1.92 bits per heavy atom. The minimum absolute atomic E-state index is 1.03. The van der Waals surface area contributed by atoms with Gasteiger partial charge >= 0.3 is 0 Å². The summed E-state index contributed by atoms with van der Waals surface area (Å²) >= 11 is 0. The van der Waals surface area contributed by atoms with Crippen LogP contribution >= 0.6 is 0 Å². The molecule has 0 aliphatic carbocycles. The predicted molar refractivity (Wildman–Crippen MR) is 55.0 cm³/mol. The molecule has 0 bridgehead atoms. The van der Waals surface area contributed by atoms with Crippen LogP contribution in [0.5, 0.6) is 0 Å². The standard InChI is InChI=1S/C12H14/c1-9(2)11(4)12-7-5-6-10(3)8-12/h5-8H,1,4H2,2-3H3. The fourth-order valence-corrected chi connectivity index (χ4v) is 1.08. The third-order valence-corrected chi connectivity index (χ3v) is 1.88. The molecule has 12 heavy (non-hydrogen) atoms. The van der Waals surface area contributed by atoms with Crippen molar-refractivity contribution in [2.24, 2.45) is 0 Å². The second-order valence-electron chi connectivity index (χ2n) is 3.13. The molecular weight excluding hydrogens is 144 g/mol. The zero-order valence-corrected chi connectivity index (χ0v) is 7.72. The van der Waals surface area contributed by atoms with Crippen molar-refractivity contribution in [1.82, 2.24) is 0 Å². The Morgan fingerprint density at radius 1 is 1.25 bits per heavy atom. The number of allylic oxidation sites excluding steroid dienone is 2. The summed E-state index contributed by atoms with van der Waals surface area (Å²) in [5.41, 5.74) is 4.48. The van der Waals surface area contributed by atoms with Crippen LogP contribution in [0.2, 0.25) is 0 Å². The maximum absolute atomic E-state index is 3.97. The molecule has 0 fully saturated rings. The van der Waals surface area contributed by atoms with E-state index in [0.29, 0.717) is 0 Å². The largest absolute Gasteiger partial charge is 0.0955 e. The number of aryl methyl sites for hydroxylation is 1. The van der Waals surface area contributed by atoms with Crippen LogP contribution in [0, 0.1) is 6.92 Å². The topological polar surface area (TPSA) is 0 Å². The third-order valence-electron chi connectivity index (χ3n) is 1.88. The molecule has 0 spiro atoms. The highest BCUT2D eigenvalue weighted by atomic mass is 14.0. The van der Waals surface area contributed by atoms with Gasteiger partial charge in [0.2, 0.25) is 0 Å². The van der Waals surface area contributed by atoms with Gasteiger partial charge in [0.25, 0.3) is 0 Å². The van der Waals surface area contributed by atoms with Crippen LogP contribution < -0.4 is 0 Å². The zero-order chi connectivity index (χ0) is 9.14. The van der Waals surface area contributed by atoms with E-state index in [4.69, 9.17) is 0 Å². The zero-order valence-electron chi connectivity index (χ0n) is 7.72. The van der Waals surface area contributed by atoms with Gasteiger partial charge in [0, 0.05) is 0 Å². The van der Waals surface area contributed by atoms with Gasteiger partial charge in [-0.25, -0.2) is 0 Å². The second kappa shape index (κ2) is 3.40. The molecule has 0 atom stereocenters. The number of rotatable bonds is 2. The maximum Gasteiger partial charge on any atom is -0.0185 e. The lowest BCUT2D eigenvalue weighted by Crippen LogP contribution is -1.83. The van der Waals surface area contributed by atoms with Crippen molar-refractivity contribution in [2.75, 3.05) is 0 Å². The molecule has 0 saturated heterocycles. The third kappa shape index (κ3) is 1.85. The molecule has 1 aromatic carbocycles. The summed E-state index contributed by atoms with van der Waals surface area (Å²) in [7, 11) is 0. The quantitative estimate of drug-likeness (QED) is 0.577. The average molecular weight is 158 g/mol. The van der Waals surface area contributed by atoms with Crippen LogP contribution in [0.4, 0.5) is 0 Å². The first-order chi connectivity index (χ1) is 5.61. The highest BCUT2D eigenvalue weighted by molar-refractivity contribution is 5.76. The fraction of sp³-hybridized carbons (Fsp3) is 0.167. The van der Waals surface area contributed by atoms with Gasteiger partial charge in [-0.2, -0.15) is 0 Å². The van der Waals surface area contributed by atoms with Crippen molar-refractivity contribution in [3.05, 3.63) is 54.1 Å². The van der Waals surface area contributed by atoms with Gasteiger partial charge < -0.3 is 0 Å². The lowest BCUT2D eigenvalue weighted by molar-refractivity contribution is 1.43. The summed E-state index contributed by atoms with van der Waals surface area (Å²) in [4.78, 5) is 0. The molecule has 1 aromatic rings. The van der Waals surface area contributed by atoms with Gasteiger partial charge in [-0.05, 0) is 25.0 Å². The maximum atomic E-state index is 3.97. The predicted octanol–water partition coefficient (Wildman–Crippen LogP) is 3.58. The molecular formula is C12H14. The van der Waals surface area contributed by atoms with E-state index in [9.17, 15) is 0 Å².